The number of ether oxygens (including phenoxy) is 1. The van der Waals surface area contributed by atoms with E-state index >= 15 is 0 Å². The highest BCUT2D eigenvalue weighted by Crippen LogP contribution is 2.18. The third-order valence-corrected chi connectivity index (χ3v) is 3.60. The predicted molar refractivity (Wildman–Crippen MR) is 90.9 cm³/mol. The Balaban J connectivity index is 0.00000264. The molecule has 7 nitrogen and oxygen atoms in total. The Morgan fingerprint density at radius 3 is 3.00 bits per heavy atom. The van der Waals surface area contributed by atoms with Crippen molar-refractivity contribution in [1.82, 2.24) is 20.8 Å². The van der Waals surface area contributed by atoms with Crippen molar-refractivity contribution in [3.05, 3.63) is 22.7 Å². The number of aromatic nitrogens is 2. The van der Waals surface area contributed by atoms with E-state index in [1.165, 1.54) is 0 Å². The van der Waals surface area contributed by atoms with Crippen molar-refractivity contribution in [1.29, 1.82) is 0 Å². The van der Waals surface area contributed by atoms with Crippen LogP contribution in [0.1, 0.15) is 12.3 Å². The summed E-state index contributed by atoms with van der Waals surface area (Å²) in [5, 5.41) is 13.8. The van der Waals surface area contributed by atoms with Crippen LogP contribution >= 0.6 is 23.7 Å². The van der Waals surface area contributed by atoms with Crippen molar-refractivity contribution in [2.75, 3.05) is 33.4 Å². The molecule has 0 spiro atoms. The Bertz CT molecular complexity index is 562. The Labute approximate surface area is 145 Å². The number of hydrogen-bond donors (Lipinski definition) is 2. The van der Waals surface area contributed by atoms with Gasteiger partial charge in [-0.3, -0.25) is 4.79 Å². The first-order valence-corrected chi connectivity index (χ1v) is 8.05. The molecule has 2 aromatic rings. The number of amides is 1. The van der Waals surface area contributed by atoms with Crippen LogP contribution in [-0.2, 0) is 16.0 Å². The lowest BCUT2D eigenvalue weighted by Crippen LogP contribution is -2.33. The standard InChI is InChI=1S/C14H20N4O3S.ClH/c1-20-8-7-15-5-6-16-12(19)2-3-13-17-14(18-21-13)11-4-9-22-10-11;/h4,9-10,15H,2-3,5-8H2,1H3,(H,16,19);1H. The van der Waals surface area contributed by atoms with Crippen molar-refractivity contribution in [2.24, 2.45) is 0 Å². The number of carbonyl (C=O) groups is 1. The third kappa shape index (κ3) is 7.08. The van der Waals surface area contributed by atoms with E-state index in [-0.39, 0.29) is 18.3 Å². The molecule has 23 heavy (non-hydrogen) atoms. The van der Waals surface area contributed by atoms with Gasteiger partial charge in [-0.05, 0) is 11.4 Å². The van der Waals surface area contributed by atoms with Crippen molar-refractivity contribution in [3.63, 3.8) is 0 Å². The fraction of sp³-hybridized carbons (Fsp3) is 0.500. The first kappa shape index (κ1) is 19.6. The summed E-state index contributed by atoms with van der Waals surface area (Å²) in [6.07, 6.45) is 0.781. The second-order valence-electron chi connectivity index (χ2n) is 4.62. The molecular formula is C14H21ClN4O3S. The smallest absolute Gasteiger partial charge is 0.227 e. The van der Waals surface area contributed by atoms with Crippen molar-refractivity contribution in [2.45, 2.75) is 12.8 Å². The second kappa shape index (κ2) is 11.1. The summed E-state index contributed by atoms with van der Waals surface area (Å²) in [5.74, 6) is 1.03. The number of nitrogens with one attached hydrogen (secondary N) is 2. The normalized spacial score (nSPS) is 10.3. The summed E-state index contributed by atoms with van der Waals surface area (Å²) < 4.78 is 10.1. The summed E-state index contributed by atoms with van der Waals surface area (Å²) in [7, 11) is 1.66. The lowest BCUT2D eigenvalue weighted by atomic mass is 10.3. The van der Waals surface area contributed by atoms with E-state index in [2.05, 4.69) is 20.8 Å². The lowest BCUT2D eigenvalue weighted by molar-refractivity contribution is -0.121. The maximum atomic E-state index is 11.7. The quantitative estimate of drug-likeness (QED) is 0.624. The van der Waals surface area contributed by atoms with Crippen LogP contribution < -0.4 is 10.6 Å². The fourth-order valence-corrected chi connectivity index (χ4v) is 2.40. The number of halogens is 1. The molecule has 0 atom stereocenters. The second-order valence-corrected chi connectivity index (χ2v) is 5.40. The monoisotopic (exact) mass is 360 g/mol. The number of aryl methyl sites for hydroxylation is 1. The van der Waals surface area contributed by atoms with E-state index in [0.29, 0.717) is 37.7 Å². The topological polar surface area (TPSA) is 89.3 Å². The molecule has 0 unspecified atom stereocenters. The van der Waals surface area contributed by atoms with Crippen LogP contribution in [0.2, 0.25) is 0 Å². The predicted octanol–water partition coefficient (Wildman–Crippen LogP) is 1.50. The minimum absolute atomic E-state index is 0. The molecule has 2 aromatic heterocycles. The third-order valence-electron chi connectivity index (χ3n) is 2.92. The highest BCUT2D eigenvalue weighted by molar-refractivity contribution is 7.08. The molecule has 0 aromatic carbocycles. The molecule has 0 radical (unpaired) electrons. The van der Waals surface area contributed by atoms with Gasteiger partial charge in [0.05, 0.1) is 6.61 Å². The summed E-state index contributed by atoms with van der Waals surface area (Å²) in [6.45, 7) is 2.75. The zero-order valence-corrected chi connectivity index (χ0v) is 14.5. The Morgan fingerprint density at radius 2 is 2.26 bits per heavy atom. The molecule has 2 heterocycles. The van der Waals surface area contributed by atoms with Crippen molar-refractivity contribution < 1.29 is 14.1 Å². The van der Waals surface area contributed by atoms with E-state index in [4.69, 9.17) is 9.26 Å². The van der Waals surface area contributed by atoms with Gasteiger partial charge in [-0.2, -0.15) is 16.3 Å². The van der Waals surface area contributed by atoms with Gasteiger partial charge in [0.2, 0.25) is 17.6 Å². The maximum Gasteiger partial charge on any atom is 0.227 e. The maximum absolute atomic E-state index is 11.7. The van der Waals surface area contributed by atoms with Gasteiger partial charge in [-0.1, -0.05) is 5.16 Å². The summed E-state index contributed by atoms with van der Waals surface area (Å²) >= 11 is 1.58. The number of nitrogens with zero attached hydrogens (tertiary/aromatic N) is 2. The summed E-state index contributed by atoms with van der Waals surface area (Å²) in [6, 6.07) is 1.93. The summed E-state index contributed by atoms with van der Waals surface area (Å²) in [4.78, 5) is 16.0. The van der Waals surface area contributed by atoms with Gasteiger partial charge in [0.25, 0.3) is 0 Å². The van der Waals surface area contributed by atoms with Gasteiger partial charge in [-0.25, -0.2) is 0 Å². The number of rotatable bonds is 10. The molecular weight excluding hydrogens is 340 g/mol. The van der Waals surface area contributed by atoms with Crippen molar-refractivity contribution in [3.8, 4) is 11.4 Å². The zero-order chi connectivity index (χ0) is 15.6. The van der Waals surface area contributed by atoms with Crippen LogP contribution in [0.3, 0.4) is 0 Å². The highest BCUT2D eigenvalue weighted by Gasteiger charge is 2.10. The van der Waals surface area contributed by atoms with E-state index in [1.54, 1.807) is 18.4 Å². The van der Waals surface area contributed by atoms with Crippen molar-refractivity contribution >= 4 is 29.7 Å². The molecule has 128 valence electrons. The van der Waals surface area contributed by atoms with Gasteiger partial charge in [-0.15, -0.1) is 12.4 Å². The minimum Gasteiger partial charge on any atom is -0.383 e. The SMILES string of the molecule is COCCNCCNC(=O)CCc1nc(-c2ccsc2)no1.Cl. The largest absolute Gasteiger partial charge is 0.383 e. The molecule has 0 bridgehead atoms. The number of hydrogen-bond acceptors (Lipinski definition) is 7. The fourth-order valence-electron chi connectivity index (χ4n) is 1.76. The van der Waals surface area contributed by atoms with E-state index in [1.807, 2.05) is 16.8 Å². The van der Waals surface area contributed by atoms with E-state index in [9.17, 15) is 4.79 Å². The molecule has 2 N–H and O–H groups in total. The van der Waals surface area contributed by atoms with E-state index < -0.39 is 0 Å². The zero-order valence-electron chi connectivity index (χ0n) is 12.9. The van der Waals surface area contributed by atoms with Gasteiger partial charge >= 0.3 is 0 Å². The first-order chi connectivity index (χ1) is 10.8. The lowest BCUT2D eigenvalue weighted by Gasteiger charge is -2.05. The Hall–Kier alpha value is -1.48. The number of methoxy groups -OCH3 is 1. The first-order valence-electron chi connectivity index (χ1n) is 7.11. The van der Waals surface area contributed by atoms with Gasteiger partial charge in [0, 0.05) is 50.5 Å². The number of carbonyl (C=O) groups excluding carboxylic acids is 1. The van der Waals surface area contributed by atoms with Gasteiger partial charge in [0.1, 0.15) is 0 Å². The van der Waals surface area contributed by atoms with Crippen LogP contribution in [0.15, 0.2) is 21.3 Å². The molecule has 0 saturated heterocycles. The minimum atomic E-state index is -0.0242. The average molecular weight is 361 g/mol. The molecule has 0 aliphatic carbocycles. The van der Waals surface area contributed by atoms with Crippen LogP contribution in [-0.4, -0.2) is 49.4 Å². The molecule has 1 amide bonds. The van der Waals surface area contributed by atoms with E-state index in [0.717, 1.165) is 18.7 Å². The van der Waals surface area contributed by atoms with Gasteiger partial charge < -0.3 is 19.9 Å². The van der Waals surface area contributed by atoms with Crippen LogP contribution in [0.4, 0.5) is 0 Å². The van der Waals surface area contributed by atoms with Crippen LogP contribution in [0.5, 0.6) is 0 Å². The van der Waals surface area contributed by atoms with Crippen LogP contribution in [0, 0.1) is 0 Å². The molecule has 0 aliphatic rings. The summed E-state index contributed by atoms with van der Waals surface area (Å²) in [5.41, 5.74) is 0.937. The molecule has 9 heteroatoms. The molecule has 2 rings (SSSR count). The Kier molecular flexibility index (Phi) is 9.46. The van der Waals surface area contributed by atoms with Crippen LogP contribution in [0.25, 0.3) is 11.4 Å². The average Bonchev–Trinajstić information content (AvgIpc) is 3.19. The van der Waals surface area contributed by atoms with Gasteiger partial charge in [0.15, 0.2) is 0 Å². The highest BCUT2D eigenvalue weighted by atomic mass is 35.5. The Morgan fingerprint density at radius 1 is 1.39 bits per heavy atom. The molecule has 0 saturated carbocycles. The molecule has 0 fully saturated rings. The number of thiophene rings is 1. The molecule has 0 aliphatic heterocycles.